The third-order valence-corrected chi connectivity index (χ3v) is 14.1. The van der Waals surface area contributed by atoms with Crippen molar-refractivity contribution in [1.82, 2.24) is 4.57 Å². The molecule has 58 heavy (non-hydrogen) atoms. The second-order valence-electron chi connectivity index (χ2n) is 17.7. The van der Waals surface area contributed by atoms with Crippen LogP contribution in [0.5, 0.6) is 0 Å². The van der Waals surface area contributed by atoms with Crippen LogP contribution in [0.25, 0.3) is 49.7 Å². The van der Waals surface area contributed by atoms with Gasteiger partial charge < -0.3 is 14.3 Å². The van der Waals surface area contributed by atoms with Crippen molar-refractivity contribution in [2.24, 2.45) is 0 Å². The first kappa shape index (κ1) is 32.3. The zero-order chi connectivity index (χ0) is 38.7. The number of rotatable bonds is 2. The van der Waals surface area contributed by atoms with Gasteiger partial charge in [-0.1, -0.05) is 149 Å². The van der Waals surface area contributed by atoms with E-state index in [4.69, 9.17) is 0 Å². The van der Waals surface area contributed by atoms with Crippen LogP contribution in [0.4, 0.5) is 28.4 Å². The predicted molar refractivity (Wildman–Crippen MR) is 244 cm³/mol. The molecule has 4 heterocycles. The van der Waals surface area contributed by atoms with E-state index in [1.54, 1.807) is 0 Å². The standard InChI is InChI=1S/C54H40BN3/c1-53(2)39-23-11-8-20-34(39)37-30-48-43(32-42(37)53)55-51-38(35-21-9-15-27-45(35)58(55)33-18-6-5-7-19-33)31-49(50-36-22-10-14-26-44(36)57(48)52(50)51)56-46-28-16-12-24-40(46)54(3,4)41-25-13-17-29-47(41)56/h5-32H,1-4H3. The Bertz CT molecular complexity index is 3210. The zero-order valence-corrected chi connectivity index (χ0v) is 33.1. The first-order valence-electron chi connectivity index (χ1n) is 20.7. The van der Waals surface area contributed by atoms with Gasteiger partial charge in [0, 0.05) is 44.2 Å². The molecule has 13 rings (SSSR count). The van der Waals surface area contributed by atoms with Gasteiger partial charge in [-0.05, 0) is 98.4 Å². The molecule has 0 atom stereocenters. The van der Waals surface area contributed by atoms with Crippen molar-refractivity contribution in [3.63, 3.8) is 0 Å². The summed E-state index contributed by atoms with van der Waals surface area (Å²) in [6, 6.07) is 64.2. The highest BCUT2D eigenvalue weighted by molar-refractivity contribution is 6.93. The number of anilines is 5. The number of hydrogen-bond acceptors (Lipinski definition) is 2. The average molecular weight is 742 g/mol. The van der Waals surface area contributed by atoms with Crippen molar-refractivity contribution in [3.8, 4) is 27.9 Å². The Morgan fingerprint density at radius 1 is 0.431 bits per heavy atom. The lowest BCUT2D eigenvalue weighted by molar-refractivity contribution is 0.632. The van der Waals surface area contributed by atoms with Crippen LogP contribution in [0.3, 0.4) is 0 Å². The van der Waals surface area contributed by atoms with Crippen LogP contribution in [0.15, 0.2) is 170 Å². The average Bonchev–Trinajstić information content (AvgIpc) is 3.72. The van der Waals surface area contributed by atoms with Gasteiger partial charge in [-0.3, -0.25) is 0 Å². The van der Waals surface area contributed by atoms with E-state index < -0.39 is 0 Å². The monoisotopic (exact) mass is 741 g/mol. The lowest BCUT2D eigenvalue weighted by Crippen LogP contribution is -2.60. The topological polar surface area (TPSA) is 11.4 Å². The minimum Gasteiger partial charge on any atom is -0.376 e. The molecule has 0 fully saturated rings. The van der Waals surface area contributed by atoms with Gasteiger partial charge in [0.25, 0.3) is 0 Å². The Hall–Kier alpha value is -6.78. The second-order valence-corrected chi connectivity index (χ2v) is 17.7. The summed E-state index contributed by atoms with van der Waals surface area (Å²) in [7, 11) is 0. The molecule has 1 aliphatic carbocycles. The fourth-order valence-corrected chi connectivity index (χ4v) is 11.5. The Labute approximate surface area is 339 Å². The summed E-state index contributed by atoms with van der Waals surface area (Å²) in [5.41, 5.74) is 23.1. The number of fused-ring (bicyclic) bond motifs is 13. The fourth-order valence-electron chi connectivity index (χ4n) is 11.5. The Morgan fingerprint density at radius 3 is 1.74 bits per heavy atom. The summed E-state index contributed by atoms with van der Waals surface area (Å²) in [5, 5.41) is 2.57. The van der Waals surface area contributed by atoms with E-state index in [-0.39, 0.29) is 17.7 Å². The lowest BCUT2D eigenvalue weighted by Gasteiger charge is -2.44. The quantitative estimate of drug-likeness (QED) is 0.164. The van der Waals surface area contributed by atoms with Crippen LogP contribution in [0.2, 0.25) is 0 Å². The summed E-state index contributed by atoms with van der Waals surface area (Å²) < 4.78 is 2.63. The third-order valence-electron chi connectivity index (χ3n) is 14.1. The first-order valence-corrected chi connectivity index (χ1v) is 20.7. The molecule has 0 spiro atoms. The van der Waals surface area contributed by atoms with Crippen LogP contribution in [0, 0.1) is 0 Å². The molecule has 3 nitrogen and oxygen atoms in total. The number of hydrogen-bond donors (Lipinski definition) is 0. The van der Waals surface area contributed by atoms with Crippen LogP contribution in [0.1, 0.15) is 49.9 Å². The number of aromatic nitrogens is 1. The lowest BCUT2D eigenvalue weighted by atomic mass is 9.43. The molecular weight excluding hydrogens is 701 g/mol. The van der Waals surface area contributed by atoms with E-state index in [1.807, 2.05) is 0 Å². The highest BCUT2D eigenvalue weighted by Gasteiger charge is 2.47. The van der Waals surface area contributed by atoms with Crippen LogP contribution < -0.4 is 20.6 Å². The molecule has 0 saturated heterocycles. The summed E-state index contributed by atoms with van der Waals surface area (Å²) in [4.78, 5) is 5.22. The van der Waals surface area contributed by atoms with E-state index in [2.05, 4.69) is 212 Å². The molecule has 9 aromatic rings. The Kier molecular flexibility index (Phi) is 6.13. The molecular formula is C54H40BN3. The van der Waals surface area contributed by atoms with E-state index >= 15 is 0 Å². The van der Waals surface area contributed by atoms with Gasteiger partial charge >= 0.3 is 6.85 Å². The summed E-state index contributed by atoms with van der Waals surface area (Å²) >= 11 is 0. The third kappa shape index (κ3) is 3.86. The molecule has 1 aromatic heterocycles. The van der Waals surface area contributed by atoms with Gasteiger partial charge in [0.05, 0.1) is 28.1 Å². The highest BCUT2D eigenvalue weighted by Crippen LogP contribution is 2.56. The van der Waals surface area contributed by atoms with Gasteiger partial charge in [0.2, 0.25) is 0 Å². The smallest absolute Gasteiger partial charge is 0.333 e. The number of benzene rings is 8. The molecule has 8 aromatic carbocycles. The molecule has 4 aliphatic rings. The second kappa shape index (κ2) is 11.0. The minimum atomic E-state index is -0.159. The largest absolute Gasteiger partial charge is 0.376 e. The van der Waals surface area contributed by atoms with Crippen molar-refractivity contribution in [3.05, 3.63) is 192 Å². The summed E-state index contributed by atoms with van der Waals surface area (Å²) in [6.07, 6.45) is 0. The Balaban J connectivity index is 1.24. The molecule has 0 bridgehead atoms. The van der Waals surface area contributed by atoms with Crippen molar-refractivity contribution in [2.75, 3.05) is 9.71 Å². The zero-order valence-electron chi connectivity index (χ0n) is 33.1. The maximum atomic E-state index is 2.63. The maximum Gasteiger partial charge on any atom is 0.333 e. The van der Waals surface area contributed by atoms with E-state index in [1.165, 1.54) is 111 Å². The van der Waals surface area contributed by atoms with Gasteiger partial charge in [-0.2, -0.15) is 0 Å². The van der Waals surface area contributed by atoms with Gasteiger partial charge in [0.1, 0.15) is 0 Å². The maximum absolute atomic E-state index is 2.63. The minimum absolute atomic E-state index is 0.0552. The number of nitrogens with zero attached hydrogens (tertiary/aromatic N) is 3. The van der Waals surface area contributed by atoms with Crippen molar-refractivity contribution >= 4 is 68.0 Å². The molecule has 274 valence electrons. The van der Waals surface area contributed by atoms with Crippen molar-refractivity contribution in [2.45, 2.75) is 38.5 Å². The molecule has 0 saturated carbocycles. The molecule has 4 heteroatoms. The molecule has 0 amide bonds. The first-order chi connectivity index (χ1) is 28.3. The van der Waals surface area contributed by atoms with Crippen LogP contribution in [-0.2, 0) is 10.8 Å². The normalized spacial score (nSPS) is 15.8. The molecule has 0 N–H and O–H groups in total. The molecule has 0 radical (unpaired) electrons. The van der Waals surface area contributed by atoms with Gasteiger partial charge in [-0.15, -0.1) is 0 Å². The van der Waals surface area contributed by atoms with Crippen LogP contribution >= 0.6 is 0 Å². The molecule has 3 aliphatic heterocycles. The van der Waals surface area contributed by atoms with Crippen LogP contribution in [-0.4, -0.2) is 11.4 Å². The Morgan fingerprint density at radius 2 is 1.00 bits per heavy atom. The van der Waals surface area contributed by atoms with E-state index in [9.17, 15) is 0 Å². The summed E-state index contributed by atoms with van der Waals surface area (Å²) in [5.74, 6) is 0. The molecule has 0 unspecified atom stereocenters. The predicted octanol–water partition coefficient (Wildman–Crippen LogP) is 12.4. The fraction of sp³-hybridized carbons (Fsp3) is 0.111. The van der Waals surface area contributed by atoms with Gasteiger partial charge in [-0.25, -0.2) is 0 Å². The SMILES string of the molecule is CC1(C)c2ccccc2-c2cc3c(cc21)B1c2c(cc(N4c5ccccc5C(C)(C)c5ccccc54)c4c5ccccc5n-3c24)-c2ccccc2N1c1ccccc1. The van der Waals surface area contributed by atoms with Crippen molar-refractivity contribution < 1.29 is 0 Å². The van der Waals surface area contributed by atoms with E-state index in [0.717, 1.165) is 0 Å². The summed E-state index contributed by atoms with van der Waals surface area (Å²) in [6.45, 7) is 9.51. The highest BCUT2D eigenvalue weighted by atomic mass is 15.2. The van der Waals surface area contributed by atoms with Gasteiger partial charge in [0.15, 0.2) is 0 Å². The van der Waals surface area contributed by atoms with E-state index in [0.29, 0.717) is 0 Å². The number of para-hydroxylation sites is 5. The van der Waals surface area contributed by atoms with Crippen molar-refractivity contribution in [1.29, 1.82) is 0 Å².